The maximum Gasteiger partial charge on any atom is 0.231 e. The van der Waals surface area contributed by atoms with Crippen LogP contribution >= 0.6 is 0 Å². The van der Waals surface area contributed by atoms with Crippen molar-refractivity contribution in [3.63, 3.8) is 0 Å². The van der Waals surface area contributed by atoms with Gasteiger partial charge in [0.15, 0.2) is 11.5 Å². The first kappa shape index (κ1) is 14.5. The SMILES string of the molecule is CNC(=O)CCOc1cc2c(cc1CC(C)N)OCO2. The summed E-state index contributed by atoms with van der Waals surface area (Å²) in [5.74, 6) is 2.00. The number of fused-ring (bicyclic) bond motifs is 1. The van der Waals surface area contributed by atoms with Crippen LogP contribution in [-0.4, -0.2) is 32.4 Å². The van der Waals surface area contributed by atoms with Crippen LogP contribution in [0.1, 0.15) is 18.9 Å². The van der Waals surface area contributed by atoms with Crippen LogP contribution in [0.15, 0.2) is 12.1 Å². The van der Waals surface area contributed by atoms with Gasteiger partial charge in [0, 0.05) is 19.2 Å². The topological polar surface area (TPSA) is 82.8 Å². The van der Waals surface area contributed by atoms with Crippen LogP contribution in [0.3, 0.4) is 0 Å². The lowest BCUT2D eigenvalue weighted by Gasteiger charge is -2.14. The molecule has 0 saturated carbocycles. The highest BCUT2D eigenvalue weighted by Crippen LogP contribution is 2.38. The Labute approximate surface area is 118 Å². The summed E-state index contributed by atoms with van der Waals surface area (Å²) in [5.41, 5.74) is 6.80. The van der Waals surface area contributed by atoms with Gasteiger partial charge in [-0.25, -0.2) is 0 Å². The van der Waals surface area contributed by atoms with Crippen molar-refractivity contribution in [2.24, 2.45) is 5.73 Å². The Balaban J connectivity index is 2.10. The minimum atomic E-state index is -0.0560. The van der Waals surface area contributed by atoms with Gasteiger partial charge in [-0.1, -0.05) is 0 Å². The minimum absolute atomic E-state index is 0.0108. The molecule has 6 heteroatoms. The summed E-state index contributed by atoms with van der Waals surface area (Å²) in [7, 11) is 1.60. The summed E-state index contributed by atoms with van der Waals surface area (Å²) in [6.45, 7) is 2.46. The van der Waals surface area contributed by atoms with E-state index in [-0.39, 0.29) is 18.7 Å². The molecule has 0 radical (unpaired) electrons. The monoisotopic (exact) mass is 280 g/mol. The molecule has 1 aliphatic rings. The molecule has 1 amide bonds. The van der Waals surface area contributed by atoms with Crippen LogP contribution in [0.25, 0.3) is 0 Å². The van der Waals surface area contributed by atoms with Gasteiger partial charge in [-0.05, 0) is 25.0 Å². The molecule has 0 bridgehead atoms. The standard InChI is InChI=1S/C14H20N2O4/c1-9(15)5-10-6-12-13(20-8-19-12)7-11(10)18-4-3-14(17)16-2/h6-7,9H,3-5,8,15H2,1-2H3,(H,16,17). The Kier molecular flexibility index (Phi) is 4.68. The van der Waals surface area contributed by atoms with Crippen LogP contribution in [0, 0.1) is 0 Å². The lowest BCUT2D eigenvalue weighted by atomic mass is 10.1. The van der Waals surface area contributed by atoms with E-state index in [4.69, 9.17) is 19.9 Å². The molecule has 1 unspecified atom stereocenters. The molecular formula is C14H20N2O4. The quantitative estimate of drug-likeness (QED) is 0.806. The van der Waals surface area contributed by atoms with Gasteiger partial charge in [0.2, 0.25) is 12.7 Å². The molecule has 1 heterocycles. The fourth-order valence-corrected chi connectivity index (χ4v) is 1.98. The van der Waals surface area contributed by atoms with Crippen LogP contribution in [0.5, 0.6) is 17.2 Å². The summed E-state index contributed by atoms with van der Waals surface area (Å²) < 4.78 is 16.4. The first-order chi connectivity index (χ1) is 9.60. The van der Waals surface area contributed by atoms with E-state index < -0.39 is 0 Å². The maximum absolute atomic E-state index is 11.2. The first-order valence-corrected chi connectivity index (χ1v) is 6.61. The third kappa shape index (κ3) is 3.54. The number of ether oxygens (including phenoxy) is 3. The van der Waals surface area contributed by atoms with E-state index in [2.05, 4.69) is 5.32 Å². The lowest BCUT2D eigenvalue weighted by molar-refractivity contribution is -0.121. The van der Waals surface area contributed by atoms with Crippen molar-refractivity contribution < 1.29 is 19.0 Å². The highest BCUT2D eigenvalue weighted by molar-refractivity contribution is 5.75. The highest BCUT2D eigenvalue weighted by Gasteiger charge is 2.18. The van der Waals surface area contributed by atoms with Crippen molar-refractivity contribution in [3.05, 3.63) is 17.7 Å². The van der Waals surface area contributed by atoms with E-state index in [1.807, 2.05) is 13.0 Å². The molecule has 1 atom stereocenters. The third-order valence-electron chi connectivity index (χ3n) is 2.96. The second kappa shape index (κ2) is 6.47. The minimum Gasteiger partial charge on any atom is -0.493 e. The largest absolute Gasteiger partial charge is 0.493 e. The van der Waals surface area contributed by atoms with E-state index in [0.717, 1.165) is 5.56 Å². The Morgan fingerprint density at radius 1 is 1.45 bits per heavy atom. The van der Waals surface area contributed by atoms with Crippen molar-refractivity contribution in [2.75, 3.05) is 20.4 Å². The number of benzene rings is 1. The molecular weight excluding hydrogens is 260 g/mol. The van der Waals surface area contributed by atoms with Gasteiger partial charge in [0.25, 0.3) is 0 Å². The van der Waals surface area contributed by atoms with Crippen LogP contribution in [0.2, 0.25) is 0 Å². The van der Waals surface area contributed by atoms with Gasteiger partial charge < -0.3 is 25.3 Å². The van der Waals surface area contributed by atoms with Crippen molar-refractivity contribution in [2.45, 2.75) is 25.8 Å². The van der Waals surface area contributed by atoms with Crippen molar-refractivity contribution >= 4 is 5.91 Å². The number of hydrogen-bond acceptors (Lipinski definition) is 5. The molecule has 3 N–H and O–H groups in total. The van der Waals surface area contributed by atoms with E-state index in [9.17, 15) is 4.79 Å². The van der Waals surface area contributed by atoms with Crippen molar-refractivity contribution in [1.29, 1.82) is 0 Å². The molecule has 1 aliphatic heterocycles. The molecule has 6 nitrogen and oxygen atoms in total. The Morgan fingerprint density at radius 3 is 2.80 bits per heavy atom. The average molecular weight is 280 g/mol. The van der Waals surface area contributed by atoms with Gasteiger partial charge in [-0.3, -0.25) is 4.79 Å². The molecule has 0 saturated heterocycles. The van der Waals surface area contributed by atoms with Gasteiger partial charge in [-0.15, -0.1) is 0 Å². The number of amides is 1. The predicted molar refractivity (Wildman–Crippen MR) is 74.1 cm³/mol. The third-order valence-corrected chi connectivity index (χ3v) is 2.96. The highest BCUT2D eigenvalue weighted by atomic mass is 16.7. The molecule has 2 rings (SSSR count). The number of nitrogens with one attached hydrogen (secondary N) is 1. The fraction of sp³-hybridized carbons (Fsp3) is 0.500. The summed E-state index contributed by atoms with van der Waals surface area (Å²) in [5, 5.41) is 2.56. The maximum atomic E-state index is 11.2. The molecule has 1 aromatic carbocycles. The smallest absolute Gasteiger partial charge is 0.231 e. The predicted octanol–water partition coefficient (Wildman–Crippen LogP) is 0.820. The van der Waals surface area contributed by atoms with Crippen LogP contribution in [-0.2, 0) is 11.2 Å². The summed E-state index contributed by atoms with van der Waals surface area (Å²) >= 11 is 0. The number of carbonyl (C=O) groups is 1. The lowest BCUT2D eigenvalue weighted by Crippen LogP contribution is -2.21. The second-order valence-electron chi connectivity index (χ2n) is 4.77. The molecule has 0 fully saturated rings. The fourth-order valence-electron chi connectivity index (χ4n) is 1.98. The van der Waals surface area contributed by atoms with Crippen molar-refractivity contribution in [3.8, 4) is 17.2 Å². The van der Waals surface area contributed by atoms with Crippen molar-refractivity contribution in [1.82, 2.24) is 5.32 Å². The Morgan fingerprint density at radius 2 is 2.15 bits per heavy atom. The van der Waals surface area contributed by atoms with E-state index in [1.165, 1.54) is 0 Å². The second-order valence-corrected chi connectivity index (χ2v) is 4.77. The summed E-state index contributed by atoms with van der Waals surface area (Å²) in [6.07, 6.45) is 0.981. The number of carbonyl (C=O) groups excluding carboxylic acids is 1. The zero-order chi connectivity index (χ0) is 14.5. The molecule has 0 aromatic heterocycles. The Bertz CT molecular complexity index is 488. The van der Waals surface area contributed by atoms with E-state index in [0.29, 0.717) is 36.7 Å². The molecule has 110 valence electrons. The molecule has 0 aliphatic carbocycles. The van der Waals surface area contributed by atoms with E-state index >= 15 is 0 Å². The van der Waals surface area contributed by atoms with Crippen LogP contribution < -0.4 is 25.3 Å². The van der Waals surface area contributed by atoms with Gasteiger partial charge in [0.05, 0.1) is 13.0 Å². The van der Waals surface area contributed by atoms with Gasteiger partial charge in [0.1, 0.15) is 5.75 Å². The Hall–Kier alpha value is -1.95. The molecule has 20 heavy (non-hydrogen) atoms. The first-order valence-electron chi connectivity index (χ1n) is 6.61. The summed E-state index contributed by atoms with van der Waals surface area (Å²) in [6, 6.07) is 3.70. The summed E-state index contributed by atoms with van der Waals surface area (Å²) in [4.78, 5) is 11.2. The average Bonchev–Trinajstić information content (AvgIpc) is 2.85. The normalized spacial score (nSPS) is 13.9. The van der Waals surface area contributed by atoms with Gasteiger partial charge in [-0.2, -0.15) is 0 Å². The van der Waals surface area contributed by atoms with Crippen LogP contribution in [0.4, 0.5) is 0 Å². The zero-order valence-electron chi connectivity index (χ0n) is 11.8. The zero-order valence-corrected chi connectivity index (χ0v) is 11.8. The molecule has 1 aromatic rings. The number of nitrogens with two attached hydrogens (primary N) is 1. The van der Waals surface area contributed by atoms with Gasteiger partial charge >= 0.3 is 0 Å². The number of hydrogen-bond donors (Lipinski definition) is 2. The molecule has 0 spiro atoms. The number of rotatable bonds is 6. The van der Waals surface area contributed by atoms with E-state index in [1.54, 1.807) is 13.1 Å².